The molecule has 0 radical (unpaired) electrons. The van der Waals surface area contributed by atoms with Crippen LogP contribution in [-0.4, -0.2) is 29.9 Å². The van der Waals surface area contributed by atoms with Gasteiger partial charge >= 0.3 is 5.97 Å². The van der Waals surface area contributed by atoms with Crippen molar-refractivity contribution < 1.29 is 19.4 Å². The van der Waals surface area contributed by atoms with E-state index in [4.69, 9.17) is 9.47 Å². The molecule has 23 heavy (non-hydrogen) atoms. The Morgan fingerprint density at radius 2 is 1.96 bits per heavy atom. The molecule has 0 aliphatic heterocycles. The van der Waals surface area contributed by atoms with Gasteiger partial charge in [-0.25, -0.2) is 4.79 Å². The molecule has 122 valence electrons. The number of methoxy groups -OCH3 is 2. The number of benzene rings is 1. The van der Waals surface area contributed by atoms with Crippen molar-refractivity contribution in [3.05, 3.63) is 57.5 Å². The summed E-state index contributed by atoms with van der Waals surface area (Å²) < 4.78 is 11.9. The Kier molecular flexibility index (Phi) is 5.05. The van der Waals surface area contributed by atoms with Gasteiger partial charge in [0, 0.05) is 17.8 Å². The third-order valence-corrected chi connectivity index (χ3v) is 3.62. The van der Waals surface area contributed by atoms with Crippen LogP contribution in [-0.2, 0) is 13.0 Å². The lowest BCUT2D eigenvalue weighted by atomic mass is 10.1. The average molecular weight is 317 g/mol. The molecule has 1 aromatic heterocycles. The van der Waals surface area contributed by atoms with E-state index in [0.717, 1.165) is 11.1 Å². The van der Waals surface area contributed by atoms with Crippen molar-refractivity contribution >= 4 is 5.97 Å². The normalized spacial score (nSPS) is 10.4. The zero-order chi connectivity index (χ0) is 17.0. The Morgan fingerprint density at radius 1 is 1.22 bits per heavy atom. The van der Waals surface area contributed by atoms with Gasteiger partial charge < -0.3 is 19.1 Å². The molecular weight excluding hydrogens is 298 g/mol. The number of carboxylic acids is 1. The van der Waals surface area contributed by atoms with Crippen molar-refractivity contribution in [2.45, 2.75) is 19.9 Å². The zero-order valence-corrected chi connectivity index (χ0v) is 13.3. The molecular formula is C17H19NO5. The highest BCUT2D eigenvalue weighted by Gasteiger charge is 2.14. The molecule has 0 saturated heterocycles. The standard InChI is InChI=1S/C17H19NO5/c1-4-11-7-14(17(20)21)16(19)18(9-11)10-12-5-6-13(22-2)8-15(12)23-3/h5-9H,4,10H2,1-3H3,(H,20,21). The number of carboxylic acid groups (broad SMARTS) is 1. The van der Waals surface area contributed by atoms with Crippen molar-refractivity contribution in [1.82, 2.24) is 4.57 Å². The minimum absolute atomic E-state index is 0.222. The summed E-state index contributed by atoms with van der Waals surface area (Å²) in [6.45, 7) is 2.13. The molecule has 2 aromatic rings. The predicted molar refractivity (Wildman–Crippen MR) is 85.7 cm³/mol. The van der Waals surface area contributed by atoms with Crippen LogP contribution in [0.15, 0.2) is 35.3 Å². The molecule has 0 aliphatic carbocycles. The number of aromatic carboxylic acids is 1. The monoisotopic (exact) mass is 317 g/mol. The predicted octanol–water partition coefficient (Wildman–Crippen LogP) is 2.17. The third kappa shape index (κ3) is 3.53. The third-order valence-electron chi connectivity index (χ3n) is 3.62. The SMILES string of the molecule is CCc1cc(C(=O)O)c(=O)n(Cc2ccc(OC)cc2OC)c1. The summed E-state index contributed by atoms with van der Waals surface area (Å²) in [6.07, 6.45) is 2.32. The Balaban J connectivity index is 2.50. The second-order valence-electron chi connectivity index (χ2n) is 5.03. The van der Waals surface area contributed by atoms with Crippen molar-refractivity contribution in [2.24, 2.45) is 0 Å². The Hall–Kier alpha value is -2.76. The van der Waals surface area contributed by atoms with E-state index in [1.54, 1.807) is 31.5 Å². The van der Waals surface area contributed by atoms with Crippen LogP contribution in [0.3, 0.4) is 0 Å². The molecule has 0 saturated carbocycles. The van der Waals surface area contributed by atoms with Gasteiger partial charge in [-0.3, -0.25) is 4.79 Å². The highest BCUT2D eigenvalue weighted by molar-refractivity contribution is 5.87. The van der Waals surface area contributed by atoms with Gasteiger partial charge in [0.25, 0.3) is 5.56 Å². The van der Waals surface area contributed by atoms with E-state index in [0.29, 0.717) is 17.9 Å². The molecule has 6 heteroatoms. The number of ether oxygens (including phenoxy) is 2. The maximum atomic E-state index is 12.3. The summed E-state index contributed by atoms with van der Waals surface area (Å²) in [5.41, 5.74) is 0.791. The first-order valence-corrected chi connectivity index (χ1v) is 7.17. The second-order valence-corrected chi connectivity index (χ2v) is 5.03. The van der Waals surface area contributed by atoms with Crippen LogP contribution in [0, 0.1) is 0 Å². The molecule has 0 spiro atoms. The van der Waals surface area contributed by atoms with Gasteiger partial charge in [-0.1, -0.05) is 6.92 Å². The summed E-state index contributed by atoms with van der Waals surface area (Å²) in [4.78, 5) is 23.6. The number of pyridine rings is 1. The average Bonchev–Trinajstić information content (AvgIpc) is 2.56. The van der Waals surface area contributed by atoms with E-state index >= 15 is 0 Å². The molecule has 0 unspecified atom stereocenters. The number of carbonyl (C=O) groups is 1. The second kappa shape index (κ2) is 7.00. The highest BCUT2D eigenvalue weighted by Crippen LogP contribution is 2.25. The maximum Gasteiger partial charge on any atom is 0.341 e. The van der Waals surface area contributed by atoms with Crippen LogP contribution in [0.1, 0.15) is 28.4 Å². The lowest BCUT2D eigenvalue weighted by molar-refractivity contribution is 0.0694. The lowest BCUT2D eigenvalue weighted by Crippen LogP contribution is -2.27. The first kappa shape index (κ1) is 16.6. The minimum atomic E-state index is -1.22. The largest absolute Gasteiger partial charge is 0.497 e. The summed E-state index contributed by atoms with van der Waals surface area (Å²) in [6, 6.07) is 6.71. The van der Waals surface area contributed by atoms with Gasteiger partial charge in [-0.15, -0.1) is 0 Å². The zero-order valence-electron chi connectivity index (χ0n) is 13.3. The molecule has 0 aliphatic rings. The van der Waals surface area contributed by atoms with E-state index in [-0.39, 0.29) is 12.1 Å². The van der Waals surface area contributed by atoms with Gasteiger partial charge in [-0.2, -0.15) is 0 Å². The summed E-state index contributed by atoms with van der Waals surface area (Å²) in [5.74, 6) is 0.00209. The number of hydrogen-bond acceptors (Lipinski definition) is 4. The van der Waals surface area contributed by atoms with Crippen LogP contribution in [0.2, 0.25) is 0 Å². The molecule has 0 atom stereocenters. The van der Waals surface area contributed by atoms with E-state index in [2.05, 4.69) is 0 Å². The minimum Gasteiger partial charge on any atom is -0.497 e. The van der Waals surface area contributed by atoms with E-state index in [1.807, 2.05) is 6.92 Å². The van der Waals surface area contributed by atoms with E-state index in [9.17, 15) is 14.7 Å². The van der Waals surface area contributed by atoms with Crippen LogP contribution in [0.25, 0.3) is 0 Å². The van der Waals surface area contributed by atoms with Gasteiger partial charge in [-0.05, 0) is 30.2 Å². The van der Waals surface area contributed by atoms with Gasteiger partial charge in [0.2, 0.25) is 0 Å². The maximum absolute atomic E-state index is 12.3. The van der Waals surface area contributed by atoms with Gasteiger partial charge in [0.15, 0.2) is 0 Å². The molecule has 0 amide bonds. The molecule has 1 aromatic carbocycles. The lowest BCUT2D eigenvalue weighted by Gasteiger charge is -2.13. The molecule has 0 bridgehead atoms. The number of nitrogens with zero attached hydrogens (tertiary/aromatic N) is 1. The van der Waals surface area contributed by atoms with Crippen molar-refractivity contribution in [1.29, 1.82) is 0 Å². The van der Waals surface area contributed by atoms with Crippen LogP contribution in [0.4, 0.5) is 0 Å². The number of hydrogen-bond donors (Lipinski definition) is 1. The van der Waals surface area contributed by atoms with E-state index in [1.165, 1.54) is 17.7 Å². The summed E-state index contributed by atoms with van der Waals surface area (Å²) in [5, 5.41) is 9.19. The van der Waals surface area contributed by atoms with Crippen molar-refractivity contribution in [3.63, 3.8) is 0 Å². The van der Waals surface area contributed by atoms with Crippen molar-refractivity contribution in [2.75, 3.05) is 14.2 Å². The van der Waals surface area contributed by atoms with Crippen molar-refractivity contribution in [3.8, 4) is 11.5 Å². The molecule has 2 rings (SSSR count). The summed E-state index contributed by atoms with van der Waals surface area (Å²) in [7, 11) is 3.09. The smallest absolute Gasteiger partial charge is 0.341 e. The topological polar surface area (TPSA) is 77.8 Å². The number of aromatic nitrogens is 1. The fraction of sp³-hybridized carbons (Fsp3) is 0.294. The van der Waals surface area contributed by atoms with E-state index < -0.39 is 11.5 Å². The van der Waals surface area contributed by atoms with Crippen LogP contribution < -0.4 is 15.0 Å². The fourth-order valence-corrected chi connectivity index (χ4v) is 2.33. The molecule has 6 nitrogen and oxygen atoms in total. The number of rotatable bonds is 6. The molecule has 1 N–H and O–H groups in total. The van der Waals surface area contributed by atoms with Gasteiger partial charge in [0.1, 0.15) is 17.1 Å². The molecule has 0 fully saturated rings. The Labute approximate surface area is 133 Å². The first-order chi connectivity index (χ1) is 11.0. The Bertz CT molecular complexity index is 779. The number of aryl methyl sites for hydroxylation is 1. The summed E-state index contributed by atoms with van der Waals surface area (Å²) >= 11 is 0. The fourth-order valence-electron chi connectivity index (χ4n) is 2.33. The first-order valence-electron chi connectivity index (χ1n) is 7.17. The Morgan fingerprint density at radius 3 is 2.52 bits per heavy atom. The van der Waals surface area contributed by atoms with Gasteiger partial charge in [0.05, 0.1) is 20.8 Å². The van der Waals surface area contributed by atoms with Crippen LogP contribution in [0.5, 0.6) is 11.5 Å². The molecule has 1 heterocycles. The van der Waals surface area contributed by atoms with Crippen LogP contribution >= 0.6 is 0 Å². The quantitative estimate of drug-likeness (QED) is 0.883. The highest BCUT2D eigenvalue weighted by atomic mass is 16.5.